The number of aliphatic hydroxyl groups is 1. The van der Waals surface area contributed by atoms with Crippen molar-refractivity contribution in [3.05, 3.63) is 30.0 Å². The van der Waals surface area contributed by atoms with E-state index in [1.165, 1.54) is 0 Å². The number of fused-ring (bicyclic) bond motifs is 1. The first-order chi connectivity index (χ1) is 19.5. The number of amides is 2. The van der Waals surface area contributed by atoms with E-state index in [9.17, 15) is 9.59 Å². The number of anilines is 4. The van der Waals surface area contributed by atoms with Crippen molar-refractivity contribution >= 4 is 35.0 Å². The molecule has 0 saturated heterocycles. The monoisotopic (exact) mass is 552 g/mol. The van der Waals surface area contributed by atoms with Crippen LogP contribution in [0.15, 0.2) is 24.4 Å². The average Bonchev–Trinajstić information content (AvgIpc) is 3.50. The predicted molar refractivity (Wildman–Crippen MR) is 158 cm³/mol. The molecular formula is C30H44N6O4. The fourth-order valence-electron chi connectivity index (χ4n) is 5.75. The number of benzene rings is 1. The molecule has 1 fully saturated rings. The fourth-order valence-corrected chi connectivity index (χ4v) is 5.75. The molecule has 4 rings (SSSR count). The second kappa shape index (κ2) is 14.3. The van der Waals surface area contributed by atoms with Crippen molar-refractivity contribution in [1.82, 2.24) is 15.3 Å². The van der Waals surface area contributed by atoms with Crippen LogP contribution in [0.2, 0.25) is 0 Å². The minimum atomic E-state index is -0.234. The molecular weight excluding hydrogens is 508 g/mol. The molecule has 1 aliphatic carbocycles. The van der Waals surface area contributed by atoms with Crippen LogP contribution < -0.4 is 25.2 Å². The number of likely N-dealkylation sites (N-methyl/N-ethyl adjacent to an activating group) is 1. The summed E-state index contributed by atoms with van der Waals surface area (Å²) in [7, 11) is 3.36. The van der Waals surface area contributed by atoms with E-state index in [1.54, 1.807) is 43.5 Å². The van der Waals surface area contributed by atoms with Crippen LogP contribution in [-0.4, -0.2) is 66.3 Å². The number of aromatic nitrogens is 2. The normalized spacial score (nSPS) is 17.2. The number of carbonyl (C=O) groups excluding carboxylic acids is 2. The number of carbonyl (C=O) groups is 2. The lowest BCUT2D eigenvalue weighted by Crippen LogP contribution is -2.55. The van der Waals surface area contributed by atoms with E-state index >= 15 is 0 Å². The first-order valence-corrected chi connectivity index (χ1v) is 14.8. The number of aliphatic hydroxyl groups excluding tert-OH is 1. The smallest absolute Gasteiger partial charge is 0.251 e. The van der Waals surface area contributed by atoms with Gasteiger partial charge in [-0.25, -0.2) is 4.98 Å². The van der Waals surface area contributed by atoms with Crippen molar-refractivity contribution in [2.75, 3.05) is 42.4 Å². The van der Waals surface area contributed by atoms with Crippen LogP contribution in [-0.2, 0) is 4.79 Å². The second-order valence-electron chi connectivity index (χ2n) is 10.7. The molecule has 3 N–H and O–H groups in total. The Hall–Kier alpha value is -3.40. The molecule has 1 atom stereocenters. The maximum atomic E-state index is 13.1. The summed E-state index contributed by atoms with van der Waals surface area (Å²) in [6.45, 7) is 2.93. The van der Waals surface area contributed by atoms with E-state index in [4.69, 9.17) is 14.8 Å². The standard InChI is InChI=1S/C30H44N6O4/c1-4-24-29(39)35(2)25-20-32-30(34-27(25)36(24)22-13-9-10-14-22)33-23-16-15-21(19-26(23)40-3)28(38)31-17-11-7-5-6-8-12-18-37/h15-16,19-20,22,24,37H,4-14,17-18H2,1-3H3,(H,31,38)(H,32,33,34)/t24-/m1/s1. The maximum Gasteiger partial charge on any atom is 0.251 e. The topological polar surface area (TPSA) is 120 Å². The van der Waals surface area contributed by atoms with Crippen molar-refractivity contribution < 1.29 is 19.4 Å². The van der Waals surface area contributed by atoms with Gasteiger partial charge in [-0.2, -0.15) is 4.98 Å². The van der Waals surface area contributed by atoms with Crippen LogP contribution in [0.1, 0.15) is 87.9 Å². The molecule has 10 nitrogen and oxygen atoms in total. The van der Waals surface area contributed by atoms with Gasteiger partial charge in [-0.05, 0) is 50.3 Å². The second-order valence-corrected chi connectivity index (χ2v) is 10.7. The summed E-state index contributed by atoms with van der Waals surface area (Å²) in [5.41, 5.74) is 1.90. The van der Waals surface area contributed by atoms with Gasteiger partial charge in [-0.15, -0.1) is 0 Å². The molecule has 2 aromatic rings. The third-order valence-electron chi connectivity index (χ3n) is 7.99. The van der Waals surface area contributed by atoms with Gasteiger partial charge >= 0.3 is 0 Å². The lowest BCUT2D eigenvalue weighted by Gasteiger charge is -2.43. The SMILES string of the molecule is CC[C@@H]1C(=O)N(C)c2cnc(Nc3ccc(C(=O)NCCCCCCCCO)cc3OC)nc2N1C1CCCC1. The molecule has 0 unspecified atom stereocenters. The number of ether oxygens (including phenoxy) is 1. The summed E-state index contributed by atoms with van der Waals surface area (Å²) in [4.78, 5) is 39.1. The lowest BCUT2D eigenvalue weighted by atomic mass is 10.0. The van der Waals surface area contributed by atoms with Crippen molar-refractivity contribution in [2.24, 2.45) is 0 Å². The van der Waals surface area contributed by atoms with Gasteiger partial charge in [0.15, 0.2) is 5.82 Å². The minimum absolute atomic E-state index is 0.0831. The van der Waals surface area contributed by atoms with E-state index in [1.807, 2.05) is 6.92 Å². The Morgan fingerprint density at radius 3 is 2.55 bits per heavy atom. The Balaban J connectivity index is 1.44. The Labute approximate surface area is 237 Å². The van der Waals surface area contributed by atoms with Gasteiger partial charge in [-0.1, -0.05) is 45.4 Å². The highest BCUT2D eigenvalue weighted by Crippen LogP contribution is 2.40. The Morgan fingerprint density at radius 1 is 1.12 bits per heavy atom. The molecule has 1 aromatic heterocycles. The largest absolute Gasteiger partial charge is 0.495 e. The quantitative estimate of drug-likeness (QED) is 0.286. The summed E-state index contributed by atoms with van der Waals surface area (Å²) in [5, 5.41) is 15.1. The summed E-state index contributed by atoms with van der Waals surface area (Å²) in [6, 6.07) is 5.34. The number of hydrogen-bond donors (Lipinski definition) is 3. The third kappa shape index (κ3) is 6.83. The average molecular weight is 553 g/mol. The molecule has 10 heteroatoms. The summed E-state index contributed by atoms with van der Waals surface area (Å²) in [6.07, 6.45) is 13.0. The number of methoxy groups -OCH3 is 1. The first kappa shape index (κ1) is 29.6. The van der Waals surface area contributed by atoms with E-state index < -0.39 is 0 Å². The van der Waals surface area contributed by atoms with Gasteiger partial charge in [0, 0.05) is 31.8 Å². The summed E-state index contributed by atoms with van der Waals surface area (Å²) >= 11 is 0. The highest BCUT2D eigenvalue weighted by molar-refractivity contribution is 6.04. The number of hydrogen-bond acceptors (Lipinski definition) is 8. The maximum absolute atomic E-state index is 13.1. The zero-order valence-electron chi connectivity index (χ0n) is 24.1. The molecule has 0 radical (unpaired) electrons. The third-order valence-corrected chi connectivity index (χ3v) is 7.99. The van der Waals surface area contributed by atoms with E-state index in [-0.39, 0.29) is 24.5 Å². The van der Waals surface area contributed by atoms with Crippen LogP contribution in [0, 0.1) is 0 Å². The minimum Gasteiger partial charge on any atom is -0.495 e. The molecule has 0 spiro atoms. The van der Waals surface area contributed by atoms with Gasteiger partial charge < -0.3 is 30.3 Å². The lowest BCUT2D eigenvalue weighted by molar-refractivity contribution is -0.120. The van der Waals surface area contributed by atoms with Crippen LogP contribution in [0.3, 0.4) is 0 Å². The molecule has 2 heterocycles. The van der Waals surface area contributed by atoms with Crippen molar-refractivity contribution in [2.45, 2.75) is 89.6 Å². The van der Waals surface area contributed by atoms with Gasteiger partial charge in [0.2, 0.25) is 11.9 Å². The molecule has 0 bridgehead atoms. The molecule has 2 amide bonds. The van der Waals surface area contributed by atoms with Crippen LogP contribution >= 0.6 is 0 Å². The highest BCUT2D eigenvalue weighted by atomic mass is 16.5. The van der Waals surface area contributed by atoms with Crippen LogP contribution in [0.5, 0.6) is 5.75 Å². The summed E-state index contributed by atoms with van der Waals surface area (Å²) in [5.74, 6) is 1.65. The zero-order valence-corrected chi connectivity index (χ0v) is 24.1. The van der Waals surface area contributed by atoms with Crippen molar-refractivity contribution in [3.63, 3.8) is 0 Å². The number of nitrogens with one attached hydrogen (secondary N) is 2. The van der Waals surface area contributed by atoms with Gasteiger partial charge in [-0.3, -0.25) is 9.59 Å². The predicted octanol–water partition coefficient (Wildman–Crippen LogP) is 4.80. The van der Waals surface area contributed by atoms with Gasteiger partial charge in [0.05, 0.1) is 19.0 Å². The Kier molecular flexibility index (Phi) is 10.6. The molecule has 1 aromatic carbocycles. The molecule has 40 heavy (non-hydrogen) atoms. The van der Waals surface area contributed by atoms with E-state index in [0.717, 1.165) is 75.7 Å². The van der Waals surface area contributed by atoms with Crippen LogP contribution in [0.4, 0.5) is 23.1 Å². The molecule has 2 aliphatic rings. The van der Waals surface area contributed by atoms with Crippen molar-refractivity contribution in [3.8, 4) is 5.75 Å². The molecule has 218 valence electrons. The molecule has 1 aliphatic heterocycles. The van der Waals surface area contributed by atoms with Crippen molar-refractivity contribution in [1.29, 1.82) is 0 Å². The number of nitrogens with zero attached hydrogens (tertiary/aromatic N) is 4. The number of rotatable bonds is 14. The van der Waals surface area contributed by atoms with Crippen LogP contribution in [0.25, 0.3) is 0 Å². The van der Waals surface area contributed by atoms with E-state index in [0.29, 0.717) is 42.0 Å². The first-order valence-electron chi connectivity index (χ1n) is 14.8. The number of unbranched alkanes of at least 4 members (excludes halogenated alkanes) is 5. The van der Waals surface area contributed by atoms with Gasteiger partial charge in [0.25, 0.3) is 5.91 Å². The summed E-state index contributed by atoms with van der Waals surface area (Å²) < 4.78 is 5.60. The fraction of sp³-hybridized carbons (Fsp3) is 0.600. The van der Waals surface area contributed by atoms with Gasteiger partial charge in [0.1, 0.15) is 17.5 Å². The zero-order chi connectivity index (χ0) is 28.5. The Morgan fingerprint density at radius 2 is 1.85 bits per heavy atom. The van der Waals surface area contributed by atoms with E-state index in [2.05, 4.69) is 20.5 Å². The Bertz CT molecular complexity index is 1150. The highest BCUT2D eigenvalue weighted by Gasteiger charge is 2.41. The molecule has 1 saturated carbocycles.